The molecule has 0 radical (unpaired) electrons. The van der Waals surface area contributed by atoms with Gasteiger partial charge in [0.15, 0.2) is 0 Å². The minimum absolute atomic E-state index is 0.0626. The van der Waals surface area contributed by atoms with Gasteiger partial charge in [-0.2, -0.15) is 0 Å². The standard InChI is InChI=1S/C18H21ClN4O4/c1-12(13-2-4-14(19)5-3-13)22-18(25)11-21-17-10-15(23(26)27)6-7-16(17)20-8-9-24/h2-7,10,12,20-21,24H,8-9,11H2,1H3,(H,22,25). The zero-order valence-corrected chi connectivity index (χ0v) is 15.5. The van der Waals surface area contributed by atoms with Crippen LogP contribution in [0.15, 0.2) is 42.5 Å². The zero-order chi connectivity index (χ0) is 19.8. The van der Waals surface area contributed by atoms with Gasteiger partial charge >= 0.3 is 0 Å². The molecule has 0 aliphatic heterocycles. The number of carbonyl (C=O) groups excluding carboxylic acids is 1. The van der Waals surface area contributed by atoms with Crippen molar-refractivity contribution in [1.82, 2.24) is 5.32 Å². The molecule has 8 nitrogen and oxygen atoms in total. The summed E-state index contributed by atoms with van der Waals surface area (Å²) in [5.41, 5.74) is 1.79. The van der Waals surface area contributed by atoms with E-state index >= 15 is 0 Å². The Bertz CT molecular complexity index is 798. The molecule has 0 aromatic heterocycles. The first kappa shape index (κ1) is 20.5. The van der Waals surface area contributed by atoms with Gasteiger partial charge in [0.1, 0.15) is 0 Å². The van der Waals surface area contributed by atoms with Crippen molar-refractivity contribution in [3.8, 4) is 0 Å². The molecule has 0 heterocycles. The third-order valence-electron chi connectivity index (χ3n) is 3.83. The highest BCUT2D eigenvalue weighted by Crippen LogP contribution is 2.26. The first-order valence-corrected chi connectivity index (χ1v) is 8.70. The summed E-state index contributed by atoms with van der Waals surface area (Å²) in [6, 6.07) is 11.2. The van der Waals surface area contributed by atoms with Crippen LogP contribution in [0.1, 0.15) is 18.5 Å². The van der Waals surface area contributed by atoms with Crippen LogP contribution in [0.2, 0.25) is 5.02 Å². The molecule has 0 aliphatic carbocycles. The molecule has 27 heavy (non-hydrogen) atoms. The lowest BCUT2D eigenvalue weighted by atomic mass is 10.1. The van der Waals surface area contributed by atoms with Crippen molar-refractivity contribution in [3.63, 3.8) is 0 Å². The van der Waals surface area contributed by atoms with Crippen LogP contribution in [0.5, 0.6) is 0 Å². The third kappa shape index (κ3) is 6.12. The van der Waals surface area contributed by atoms with Crippen LogP contribution in [-0.2, 0) is 4.79 Å². The molecule has 4 N–H and O–H groups in total. The molecular weight excluding hydrogens is 372 g/mol. The number of rotatable bonds is 9. The summed E-state index contributed by atoms with van der Waals surface area (Å²) in [4.78, 5) is 22.7. The number of nitro groups is 1. The Kier molecular flexibility index (Phi) is 7.39. The molecule has 1 unspecified atom stereocenters. The number of anilines is 2. The van der Waals surface area contributed by atoms with E-state index in [1.807, 2.05) is 19.1 Å². The fourth-order valence-corrected chi connectivity index (χ4v) is 2.57. The normalized spacial score (nSPS) is 11.5. The highest BCUT2D eigenvalue weighted by Gasteiger charge is 2.13. The number of carbonyl (C=O) groups is 1. The maximum absolute atomic E-state index is 12.2. The van der Waals surface area contributed by atoms with Crippen molar-refractivity contribution in [2.24, 2.45) is 0 Å². The maximum atomic E-state index is 12.2. The number of aliphatic hydroxyl groups excluding tert-OH is 1. The maximum Gasteiger partial charge on any atom is 0.271 e. The van der Waals surface area contributed by atoms with Gasteiger partial charge in [-0.25, -0.2) is 0 Å². The second-order valence-corrected chi connectivity index (χ2v) is 6.27. The number of hydrogen-bond donors (Lipinski definition) is 4. The van der Waals surface area contributed by atoms with Gasteiger partial charge in [-0.3, -0.25) is 14.9 Å². The Morgan fingerprint density at radius 1 is 1.19 bits per heavy atom. The van der Waals surface area contributed by atoms with Gasteiger partial charge in [-0.05, 0) is 30.7 Å². The lowest BCUT2D eigenvalue weighted by molar-refractivity contribution is -0.384. The molecule has 0 saturated heterocycles. The number of benzene rings is 2. The lowest BCUT2D eigenvalue weighted by Crippen LogP contribution is -2.32. The molecule has 0 saturated carbocycles. The van der Waals surface area contributed by atoms with E-state index < -0.39 is 4.92 Å². The summed E-state index contributed by atoms with van der Waals surface area (Å²) < 4.78 is 0. The number of amides is 1. The first-order valence-electron chi connectivity index (χ1n) is 8.32. The van der Waals surface area contributed by atoms with E-state index in [9.17, 15) is 14.9 Å². The number of nitrogens with one attached hydrogen (secondary N) is 3. The van der Waals surface area contributed by atoms with Gasteiger partial charge in [-0.15, -0.1) is 0 Å². The lowest BCUT2D eigenvalue weighted by Gasteiger charge is -2.16. The third-order valence-corrected chi connectivity index (χ3v) is 4.08. The fraction of sp³-hybridized carbons (Fsp3) is 0.278. The number of aliphatic hydroxyl groups is 1. The fourth-order valence-electron chi connectivity index (χ4n) is 2.44. The average Bonchev–Trinajstić information content (AvgIpc) is 2.65. The highest BCUT2D eigenvalue weighted by molar-refractivity contribution is 6.30. The summed E-state index contributed by atoms with van der Waals surface area (Å²) in [7, 11) is 0. The minimum atomic E-state index is -0.510. The van der Waals surface area contributed by atoms with Crippen LogP contribution < -0.4 is 16.0 Å². The van der Waals surface area contributed by atoms with Crippen LogP contribution in [0, 0.1) is 10.1 Å². The van der Waals surface area contributed by atoms with Gasteiger partial charge in [0.05, 0.1) is 35.5 Å². The van der Waals surface area contributed by atoms with Gasteiger partial charge in [-0.1, -0.05) is 23.7 Å². The van der Waals surface area contributed by atoms with E-state index in [-0.39, 0.29) is 37.3 Å². The van der Waals surface area contributed by atoms with Crippen molar-refractivity contribution in [2.75, 3.05) is 30.3 Å². The van der Waals surface area contributed by atoms with Gasteiger partial charge in [0.25, 0.3) is 5.69 Å². The van der Waals surface area contributed by atoms with Gasteiger partial charge < -0.3 is 21.1 Å². The Morgan fingerprint density at radius 2 is 1.89 bits per heavy atom. The van der Waals surface area contributed by atoms with Gasteiger partial charge in [0, 0.05) is 23.7 Å². The largest absolute Gasteiger partial charge is 0.395 e. The minimum Gasteiger partial charge on any atom is -0.395 e. The van der Waals surface area contributed by atoms with E-state index in [1.165, 1.54) is 18.2 Å². The summed E-state index contributed by atoms with van der Waals surface area (Å²) in [6.07, 6.45) is 0. The first-order chi connectivity index (χ1) is 12.9. The van der Waals surface area contributed by atoms with E-state index in [4.69, 9.17) is 16.7 Å². The number of nitro benzene ring substituents is 1. The molecule has 1 atom stereocenters. The number of halogens is 1. The highest BCUT2D eigenvalue weighted by atomic mass is 35.5. The molecule has 9 heteroatoms. The Labute approximate surface area is 161 Å². The quantitative estimate of drug-likeness (QED) is 0.385. The summed E-state index contributed by atoms with van der Waals surface area (Å²) in [5, 5.41) is 29.2. The predicted octanol–water partition coefficient (Wildman–Crippen LogP) is 2.94. The Morgan fingerprint density at radius 3 is 2.52 bits per heavy atom. The average molecular weight is 393 g/mol. The van der Waals surface area contributed by atoms with Crippen LogP contribution in [0.4, 0.5) is 17.1 Å². The van der Waals surface area contributed by atoms with Crippen molar-refractivity contribution < 1.29 is 14.8 Å². The molecule has 2 aromatic carbocycles. The topological polar surface area (TPSA) is 117 Å². The summed E-state index contributed by atoms with van der Waals surface area (Å²) in [5.74, 6) is -0.267. The molecule has 144 valence electrons. The second-order valence-electron chi connectivity index (χ2n) is 5.83. The smallest absolute Gasteiger partial charge is 0.271 e. The molecule has 1 amide bonds. The van der Waals surface area contributed by atoms with E-state index in [0.717, 1.165) is 5.56 Å². The number of hydrogen-bond acceptors (Lipinski definition) is 6. The van der Waals surface area contributed by atoms with Crippen molar-refractivity contribution in [1.29, 1.82) is 0 Å². The van der Waals surface area contributed by atoms with Crippen molar-refractivity contribution in [2.45, 2.75) is 13.0 Å². The molecule has 2 rings (SSSR count). The van der Waals surface area contributed by atoms with Crippen molar-refractivity contribution >= 4 is 34.6 Å². The van der Waals surface area contributed by atoms with Crippen LogP contribution in [0.25, 0.3) is 0 Å². The molecule has 0 fully saturated rings. The Hall–Kier alpha value is -2.84. The van der Waals surface area contributed by atoms with Gasteiger partial charge in [0.2, 0.25) is 5.91 Å². The Balaban J connectivity index is 2.01. The van der Waals surface area contributed by atoms with Crippen LogP contribution >= 0.6 is 11.6 Å². The van der Waals surface area contributed by atoms with Crippen molar-refractivity contribution in [3.05, 3.63) is 63.2 Å². The van der Waals surface area contributed by atoms with E-state index in [1.54, 1.807) is 12.1 Å². The SMILES string of the molecule is CC(NC(=O)CNc1cc([N+](=O)[O-])ccc1NCCO)c1ccc(Cl)cc1. The monoisotopic (exact) mass is 392 g/mol. The summed E-state index contributed by atoms with van der Waals surface area (Å²) in [6.45, 7) is 1.98. The van der Waals surface area contributed by atoms with E-state index in [0.29, 0.717) is 16.4 Å². The molecule has 0 bridgehead atoms. The summed E-state index contributed by atoms with van der Waals surface area (Å²) >= 11 is 5.86. The molecule has 0 spiro atoms. The second kappa shape index (κ2) is 9.75. The molecule has 0 aliphatic rings. The molecular formula is C18H21ClN4O4. The van der Waals surface area contributed by atoms with Crippen LogP contribution in [0.3, 0.4) is 0 Å². The number of nitrogens with zero attached hydrogens (tertiary/aromatic N) is 1. The van der Waals surface area contributed by atoms with E-state index in [2.05, 4.69) is 16.0 Å². The molecule has 2 aromatic rings. The predicted molar refractivity (Wildman–Crippen MR) is 105 cm³/mol. The zero-order valence-electron chi connectivity index (χ0n) is 14.7. The number of non-ortho nitro benzene ring substituents is 1. The van der Waals surface area contributed by atoms with Crippen LogP contribution in [-0.4, -0.2) is 35.6 Å².